The van der Waals surface area contributed by atoms with Crippen LogP contribution in [-0.4, -0.2) is 52.0 Å². The van der Waals surface area contributed by atoms with Crippen molar-refractivity contribution in [2.24, 2.45) is 0 Å². The Morgan fingerprint density at radius 2 is 1.34 bits per heavy atom. The van der Waals surface area contributed by atoms with Gasteiger partial charge in [-0.25, -0.2) is 14.4 Å². The van der Waals surface area contributed by atoms with Gasteiger partial charge in [0.05, 0.1) is 11.1 Å². The van der Waals surface area contributed by atoms with Crippen molar-refractivity contribution in [3.63, 3.8) is 0 Å². The van der Waals surface area contributed by atoms with Crippen molar-refractivity contribution in [3.8, 4) is 0 Å². The third-order valence-electron chi connectivity index (χ3n) is 6.16. The van der Waals surface area contributed by atoms with E-state index in [1.165, 1.54) is 24.4 Å². The Bertz CT molecular complexity index is 1620. The predicted octanol–water partition coefficient (Wildman–Crippen LogP) is 3.04. The predicted molar refractivity (Wildman–Crippen MR) is 144 cm³/mol. The number of hydrogen-bond acceptors (Lipinski definition) is 9. The number of ketones is 1. The fourth-order valence-electron chi connectivity index (χ4n) is 4.10. The molecule has 0 spiro atoms. The first-order valence-electron chi connectivity index (χ1n) is 12.5. The minimum Gasteiger partial charge on any atom is -0.459 e. The second kappa shape index (κ2) is 12.2. The number of ether oxygens (including phenoxy) is 3. The van der Waals surface area contributed by atoms with Crippen LogP contribution in [0.5, 0.6) is 0 Å². The summed E-state index contributed by atoms with van der Waals surface area (Å²) >= 11 is 0. The summed E-state index contributed by atoms with van der Waals surface area (Å²) in [4.78, 5) is 67.8. The molecule has 0 radical (unpaired) electrons. The molecule has 2 heterocycles. The fourth-order valence-corrected chi connectivity index (χ4v) is 4.10. The molecule has 0 aliphatic carbocycles. The summed E-state index contributed by atoms with van der Waals surface area (Å²) < 4.78 is 17.5. The summed E-state index contributed by atoms with van der Waals surface area (Å²) in [6, 6.07) is 25.9. The van der Waals surface area contributed by atoms with E-state index in [1.807, 2.05) is 0 Å². The molecule has 1 aromatic heterocycles. The maximum atomic E-state index is 13.4. The number of nitrogens with zero attached hydrogens (tertiary/aromatic N) is 2. The molecular formula is C30H23N3O8. The maximum absolute atomic E-state index is 13.4. The topological polar surface area (TPSA) is 143 Å². The molecule has 1 amide bonds. The van der Waals surface area contributed by atoms with E-state index in [-0.39, 0.29) is 16.9 Å². The van der Waals surface area contributed by atoms with Crippen LogP contribution in [0.15, 0.2) is 108 Å². The molecule has 1 aliphatic heterocycles. The average molecular weight is 554 g/mol. The summed E-state index contributed by atoms with van der Waals surface area (Å²) in [5.74, 6) is -2.73. The quantitative estimate of drug-likeness (QED) is 0.326. The molecule has 11 heteroatoms. The minimum absolute atomic E-state index is 0.0362. The molecule has 1 aliphatic rings. The molecule has 3 aromatic carbocycles. The smallest absolute Gasteiger partial charge is 0.352 e. The van der Waals surface area contributed by atoms with E-state index in [0.717, 1.165) is 4.57 Å². The third kappa shape index (κ3) is 6.26. The van der Waals surface area contributed by atoms with Crippen molar-refractivity contribution in [3.05, 3.63) is 130 Å². The molecule has 41 heavy (non-hydrogen) atoms. The largest absolute Gasteiger partial charge is 0.459 e. The van der Waals surface area contributed by atoms with Crippen LogP contribution in [0.3, 0.4) is 0 Å². The average Bonchev–Trinajstić information content (AvgIpc) is 3.31. The molecule has 0 saturated carbocycles. The lowest BCUT2D eigenvalue weighted by atomic mass is 10.1. The number of carbonyl (C=O) groups is 4. The first kappa shape index (κ1) is 27.2. The zero-order valence-electron chi connectivity index (χ0n) is 21.4. The Morgan fingerprint density at radius 1 is 0.780 bits per heavy atom. The van der Waals surface area contributed by atoms with E-state index in [2.05, 4.69) is 10.3 Å². The highest BCUT2D eigenvalue weighted by Crippen LogP contribution is 2.28. The van der Waals surface area contributed by atoms with Crippen molar-refractivity contribution in [2.45, 2.75) is 18.4 Å². The third-order valence-corrected chi connectivity index (χ3v) is 6.16. The fraction of sp³-hybridized carbons (Fsp3) is 0.133. The van der Waals surface area contributed by atoms with Crippen LogP contribution < -0.4 is 11.0 Å². The van der Waals surface area contributed by atoms with Gasteiger partial charge in [-0.3, -0.25) is 14.2 Å². The first-order chi connectivity index (χ1) is 19.9. The van der Waals surface area contributed by atoms with E-state index in [1.54, 1.807) is 78.9 Å². The molecule has 206 valence electrons. The molecule has 3 atom stereocenters. The van der Waals surface area contributed by atoms with Crippen LogP contribution in [0, 0.1) is 0 Å². The number of carbonyl (C=O) groups excluding carboxylic acids is 4. The van der Waals surface area contributed by atoms with Crippen molar-refractivity contribution in [1.82, 2.24) is 9.55 Å². The van der Waals surface area contributed by atoms with Crippen molar-refractivity contribution < 1.29 is 33.4 Å². The summed E-state index contributed by atoms with van der Waals surface area (Å²) in [6.07, 6.45) is -2.99. The Kier molecular flexibility index (Phi) is 8.07. The lowest BCUT2D eigenvalue weighted by Gasteiger charge is -2.17. The number of rotatable bonds is 8. The van der Waals surface area contributed by atoms with Gasteiger partial charge >= 0.3 is 17.6 Å². The van der Waals surface area contributed by atoms with E-state index in [0.29, 0.717) is 5.56 Å². The number of aromatic nitrogens is 2. The Hall–Kier alpha value is -5.42. The highest BCUT2D eigenvalue weighted by Gasteiger charge is 2.48. The zero-order chi connectivity index (χ0) is 28.8. The summed E-state index contributed by atoms with van der Waals surface area (Å²) in [5, 5.41) is 2.52. The maximum Gasteiger partial charge on any atom is 0.352 e. The van der Waals surface area contributed by atoms with Gasteiger partial charge in [-0.05, 0) is 42.5 Å². The molecule has 4 aromatic rings. The number of nitrogens with one attached hydrogen (secondary N) is 1. The molecule has 0 bridgehead atoms. The Labute approximate surface area is 233 Å². The lowest BCUT2D eigenvalue weighted by molar-refractivity contribution is -0.130. The second-order valence-corrected chi connectivity index (χ2v) is 8.91. The van der Waals surface area contributed by atoms with E-state index in [9.17, 15) is 24.0 Å². The minimum atomic E-state index is -1.53. The van der Waals surface area contributed by atoms with Crippen molar-refractivity contribution in [2.75, 3.05) is 11.9 Å². The molecule has 11 nitrogen and oxygen atoms in total. The van der Waals surface area contributed by atoms with Crippen molar-refractivity contribution in [1.29, 1.82) is 0 Å². The van der Waals surface area contributed by atoms with Crippen LogP contribution in [0.4, 0.5) is 5.82 Å². The SMILES string of the molecule is O=C(Nc1ccn([C@@H]2O[C@H](COC(=O)c3ccccc3)[C@@H](OC(=O)c3ccccc3)C2=O)c(=O)n1)c1ccccc1. The van der Waals surface area contributed by atoms with Crippen molar-refractivity contribution >= 4 is 29.4 Å². The van der Waals surface area contributed by atoms with E-state index < -0.39 is 54.4 Å². The number of anilines is 1. The monoisotopic (exact) mass is 553 g/mol. The van der Waals surface area contributed by atoms with E-state index >= 15 is 0 Å². The normalized spacial score (nSPS) is 18.0. The van der Waals surface area contributed by atoms with Gasteiger partial charge in [0.1, 0.15) is 18.5 Å². The number of Topliss-reactive ketones (excluding diaryl/α,β-unsaturated/α-hetero) is 1. The van der Waals surface area contributed by atoms with Gasteiger partial charge in [0.15, 0.2) is 6.10 Å². The van der Waals surface area contributed by atoms with E-state index in [4.69, 9.17) is 14.2 Å². The standard InChI is InChI=1S/C30H23N3O8/c34-24-25(41-29(37)21-14-8-3-9-15-21)22(18-39-28(36)20-12-6-2-7-13-20)40-27(24)33-17-16-23(32-30(33)38)31-26(35)19-10-4-1-5-11-19/h1-17,22,25,27H,18H2,(H,31,32,35,38)/t22-,25-,27-/m1/s1. The summed E-state index contributed by atoms with van der Waals surface area (Å²) in [5.41, 5.74) is -0.0612. The number of hydrogen-bond donors (Lipinski definition) is 1. The summed E-state index contributed by atoms with van der Waals surface area (Å²) in [6.45, 7) is -0.434. The van der Waals surface area contributed by atoms with Crippen LogP contribution in [0.2, 0.25) is 0 Å². The molecule has 1 N–H and O–H groups in total. The van der Waals surface area contributed by atoms with Crippen LogP contribution in [0.25, 0.3) is 0 Å². The van der Waals surface area contributed by atoms with Gasteiger partial charge in [0.2, 0.25) is 12.0 Å². The van der Waals surface area contributed by atoms with Gasteiger partial charge in [0, 0.05) is 11.8 Å². The Balaban J connectivity index is 1.35. The molecule has 5 rings (SSSR count). The van der Waals surface area contributed by atoms with Crippen LogP contribution in [-0.2, 0) is 19.0 Å². The highest BCUT2D eigenvalue weighted by atomic mass is 16.6. The van der Waals surface area contributed by atoms with Gasteiger partial charge in [-0.15, -0.1) is 0 Å². The molecule has 0 unspecified atom stereocenters. The second-order valence-electron chi connectivity index (χ2n) is 8.91. The molecular weight excluding hydrogens is 530 g/mol. The molecule has 1 fully saturated rings. The number of esters is 2. The Morgan fingerprint density at radius 3 is 1.93 bits per heavy atom. The van der Waals surface area contributed by atoms with Crippen LogP contribution in [0.1, 0.15) is 37.3 Å². The highest BCUT2D eigenvalue weighted by molar-refractivity contribution is 6.03. The first-order valence-corrected chi connectivity index (χ1v) is 12.5. The van der Waals surface area contributed by atoms with Gasteiger partial charge < -0.3 is 19.5 Å². The molecule has 1 saturated heterocycles. The van der Waals surface area contributed by atoms with Gasteiger partial charge in [-0.2, -0.15) is 4.98 Å². The van der Waals surface area contributed by atoms with Gasteiger partial charge in [0.25, 0.3) is 5.91 Å². The van der Waals surface area contributed by atoms with Gasteiger partial charge in [-0.1, -0.05) is 54.6 Å². The lowest BCUT2D eigenvalue weighted by Crippen LogP contribution is -2.37. The number of benzene rings is 3. The summed E-state index contributed by atoms with van der Waals surface area (Å²) in [7, 11) is 0. The van der Waals surface area contributed by atoms with Crippen LogP contribution >= 0.6 is 0 Å². The zero-order valence-corrected chi connectivity index (χ0v) is 21.4. The number of amides is 1.